The van der Waals surface area contributed by atoms with E-state index in [4.69, 9.17) is 4.74 Å². The van der Waals surface area contributed by atoms with Crippen LogP contribution in [0.5, 0.6) is 0 Å². The van der Waals surface area contributed by atoms with E-state index >= 15 is 0 Å². The van der Waals surface area contributed by atoms with Crippen LogP contribution in [0, 0.1) is 6.92 Å². The molecule has 0 aliphatic rings. The smallest absolute Gasteiger partial charge is 0.333 e. The molecule has 2 aromatic rings. The molecule has 8 heteroatoms. The van der Waals surface area contributed by atoms with E-state index in [9.17, 15) is 14.4 Å². The van der Waals surface area contributed by atoms with Crippen LogP contribution in [-0.2, 0) is 14.3 Å². The zero-order valence-corrected chi connectivity index (χ0v) is 14.1. The van der Waals surface area contributed by atoms with Crippen molar-refractivity contribution in [2.24, 2.45) is 0 Å². The Morgan fingerprint density at radius 1 is 1.33 bits per heavy atom. The van der Waals surface area contributed by atoms with Crippen LogP contribution in [0.1, 0.15) is 17.3 Å². The molecule has 0 saturated heterocycles. The van der Waals surface area contributed by atoms with Crippen molar-refractivity contribution < 1.29 is 14.3 Å². The second-order valence-electron chi connectivity index (χ2n) is 4.91. The Kier molecular flexibility index (Phi) is 6.14. The molecule has 126 valence electrons. The Hall–Kier alpha value is -2.61. The Morgan fingerprint density at radius 2 is 2.04 bits per heavy atom. The molecule has 1 amide bonds. The van der Waals surface area contributed by atoms with Gasteiger partial charge in [0.15, 0.2) is 11.2 Å². The molecule has 24 heavy (non-hydrogen) atoms. The van der Waals surface area contributed by atoms with Crippen LogP contribution in [0.4, 0.5) is 0 Å². The maximum Gasteiger partial charge on any atom is 0.333 e. The largest absolute Gasteiger partial charge is 0.467 e. The standard InChI is InChI=1S/C16H17N3O4S/c1-10-8-12(20)19-16(17-10)24-9-13(21)18-14(15(22)23-2)11-6-4-3-5-7-11/h3-8,14H,9H2,1-2H3,(H,18,21)(H,17,19,20)/t14-/m1/s1. The van der Waals surface area contributed by atoms with Crippen LogP contribution >= 0.6 is 11.8 Å². The minimum atomic E-state index is -0.881. The fraction of sp³-hybridized carbons (Fsp3) is 0.250. The van der Waals surface area contributed by atoms with E-state index in [2.05, 4.69) is 15.3 Å². The van der Waals surface area contributed by atoms with Crippen molar-refractivity contribution in [2.45, 2.75) is 18.1 Å². The van der Waals surface area contributed by atoms with E-state index < -0.39 is 12.0 Å². The monoisotopic (exact) mass is 347 g/mol. The van der Waals surface area contributed by atoms with Crippen LogP contribution < -0.4 is 10.9 Å². The number of methoxy groups -OCH3 is 1. The summed E-state index contributed by atoms with van der Waals surface area (Å²) in [6, 6.07) is 9.31. The number of H-pyrrole nitrogens is 1. The van der Waals surface area contributed by atoms with Gasteiger partial charge in [-0.25, -0.2) is 9.78 Å². The Balaban J connectivity index is 2.03. The predicted octanol–water partition coefficient (Wildman–Crippen LogP) is 1.20. The number of carbonyl (C=O) groups excluding carboxylic acids is 2. The average molecular weight is 347 g/mol. The van der Waals surface area contributed by atoms with Crippen molar-refractivity contribution in [3.63, 3.8) is 0 Å². The number of thioether (sulfide) groups is 1. The lowest BCUT2D eigenvalue weighted by atomic mass is 10.1. The molecule has 1 aromatic heterocycles. The third kappa shape index (κ3) is 4.95. The van der Waals surface area contributed by atoms with Gasteiger partial charge in [-0.05, 0) is 12.5 Å². The number of nitrogens with one attached hydrogen (secondary N) is 2. The number of hydrogen-bond acceptors (Lipinski definition) is 6. The van der Waals surface area contributed by atoms with Gasteiger partial charge in [0.2, 0.25) is 5.91 Å². The SMILES string of the molecule is COC(=O)[C@H](NC(=O)CSc1nc(C)cc(=O)[nH]1)c1ccccc1. The van der Waals surface area contributed by atoms with E-state index in [1.807, 2.05) is 6.07 Å². The van der Waals surface area contributed by atoms with Crippen molar-refractivity contribution >= 4 is 23.6 Å². The van der Waals surface area contributed by atoms with E-state index in [-0.39, 0.29) is 17.2 Å². The summed E-state index contributed by atoms with van der Waals surface area (Å²) in [5.41, 5.74) is 0.922. The van der Waals surface area contributed by atoms with Gasteiger partial charge in [0, 0.05) is 11.8 Å². The molecule has 1 atom stereocenters. The second-order valence-corrected chi connectivity index (χ2v) is 5.88. The van der Waals surface area contributed by atoms with Crippen LogP contribution in [0.2, 0.25) is 0 Å². The van der Waals surface area contributed by atoms with Gasteiger partial charge >= 0.3 is 5.97 Å². The first-order valence-electron chi connectivity index (χ1n) is 7.12. The molecule has 7 nitrogen and oxygen atoms in total. The summed E-state index contributed by atoms with van der Waals surface area (Å²) in [5.74, 6) is -0.919. The summed E-state index contributed by atoms with van der Waals surface area (Å²) in [6.45, 7) is 1.70. The van der Waals surface area contributed by atoms with Crippen LogP contribution in [0.3, 0.4) is 0 Å². The number of aromatic amines is 1. The third-order valence-corrected chi connectivity index (χ3v) is 3.94. The number of amides is 1. The van der Waals surface area contributed by atoms with Gasteiger partial charge < -0.3 is 15.0 Å². The number of nitrogens with zero attached hydrogens (tertiary/aromatic N) is 1. The van der Waals surface area contributed by atoms with E-state index in [1.165, 1.54) is 13.2 Å². The maximum atomic E-state index is 12.1. The highest BCUT2D eigenvalue weighted by atomic mass is 32.2. The molecule has 0 saturated carbocycles. The average Bonchev–Trinajstić information content (AvgIpc) is 2.57. The summed E-state index contributed by atoms with van der Waals surface area (Å²) < 4.78 is 4.74. The number of hydrogen-bond donors (Lipinski definition) is 2. The second kappa shape index (κ2) is 8.30. The minimum absolute atomic E-state index is 0.00667. The number of carbonyl (C=O) groups is 2. The Morgan fingerprint density at radius 3 is 2.67 bits per heavy atom. The summed E-state index contributed by atoms with van der Waals surface area (Å²) in [6.07, 6.45) is 0. The molecule has 2 N–H and O–H groups in total. The molecule has 0 spiro atoms. The van der Waals surface area contributed by atoms with Crippen molar-refractivity contribution in [2.75, 3.05) is 12.9 Å². The van der Waals surface area contributed by atoms with Crippen molar-refractivity contribution in [3.05, 3.63) is 58.0 Å². The van der Waals surface area contributed by atoms with E-state index in [0.717, 1.165) is 11.8 Å². The number of aromatic nitrogens is 2. The van der Waals surface area contributed by atoms with Gasteiger partial charge in [-0.1, -0.05) is 42.1 Å². The number of aryl methyl sites for hydroxylation is 1. The zero-order chi connectivity index (χ0) is 17.5. The summed E-state index contributed by atoms with van der Waals surface area (Å²) in [7, 11) is 1.26. The number of ether oxygens (including phenoxy) is 1. The third-order valence-electron chi connectivity index (χ3n) is 3.06. The summed E-state index contributed by atoms with van der Waals surface area (Å²) in [4.78, 5) is 42.1. The number of rotatable bonds is 6. The normalized spacial score (nSPS) is 11.6. The van der Waals surface area contributed by atoms with Crippen LogP contribution in [0.15, 0.2) is 46.3 Å². The highest BCUT2D eigenvalue weighted by molar-refractivity contribution is 7.99. The predicted molar refractivity (Wildman–Crippen MR) is 89.7 cm³/mol. The van der Waals surface area contributed by atoms with Crippen molar-refractivity contribution in [1.29, 1.82) is 0 Å². The van der Waals surface area contributed by atoms with Gasteiger partial charge in [0.25, 0.3) is 5.56 Å². The molecule has 0 unspecified atom stereocenters. The van der Waals surface area contributed by atoms with E-state index in [0.29, 0.717) is 16.4 Å². The molecule has 0 aliphatic heterocycles. The van der Waals surface area contributed by atoms with Crippen molar-refractivity contribution in [3.8, 4) is 0 Å². The highest BCUT2D eigenvalue weighted by Crippen LogP contribution is 2.16. The molecule has 1 aromatic carbocycles. The molecule has 0 fully saturated rings. The van der Waals surface area contributed by atoms with Crippen LogP contribution in [-0.4, -0.2) is 34.7 Å². The minimum Gasteiger partial charge on any atom is -0.467 e. The fourth-order valence-electron chi connectivity index (χ4n) is 2.00. The molecular weight excluding hydrogens is 330 g/mol. The first kappa shape index (κ1) is 17.7. The van der Waals surface area contributed by atoms with Gasteiger partial charge in [-0.3, -0.25) is 9.59 Å². The Labute approximate surface area is 142 Å². The molecule has 0 radical (unpaired) electrons. The summed E-state index contributed by atoms with van der Waals surface area (Å²) in [5, 5.41) is 2.98. The molecular formula is C16H17N3O4S. The number of esters is 1. The lowest BCUT2D eigenvalue weighted by Crippen LogP contribution is -2.35. The van der Waals surface area contributed by atoms with Crippen LogP contribution in [0.25, 0.3) is 0 Å². The molecule has 1 heterocycles. The molecule has 0 aliphatic carbocycles. The Bertz CT molecular complexity index is 776. The lowest BCUT2D eigenvalue weighted by Gasteiger charge is -2.16. The topological polar surface area (TPSA) is 101 Å². The lowest BCUT2D eigenvalue weighted by molar-refractivity contribution is -0.145. The highest BCUT2D eigenvalue weighted by Gasteiger charge is 2.23. The quantitative estimate of drug-likeness (QED) is 0.463. The first-order valence-corrected chi connectivity index (χ1v) is 8.11. The fourth-order valence-corrected chi connectivity index (χ4v) is 2.73. The maximum absolute atomic E-state index is 12.1. The number of benzene rings is 1. The zero-order valence-electron chi connectivity index (χ0n) is 13.2. The van der Waals surface area contributed by atoms with E-state index in [1.54, 1.807) is 31.2 Å². The van der Waals surface area contributed by atoms with Gasteiger partial charge in [0.05, 0.1) is 12.9 Å². The van der Waals surface area contributed by atoms with Gasteiger partial charge in [0.1, 0.15) is 0 Å². The first-order chi connectivity index (χ1) is 11.5. The van der Waals surface area contributed by atoms with Gasteiger partial charge in [-0.2, -0.15) is 0 Å². The molecule has 0 bridgehead atoms. The summed E-state index contributed by atoms with van der Waals surface area (Å²) >= 11 is 1.08. The molecule has 2 rings (SSSR count). The van der Waals surface area contributed by atoms with Crippen molar-refractivity contribution in [1.82, 2.24) is 15.3 Å². The van der Waals surface area contributed by atoms with Gasteiger partial charge in [-0.15, -0.1) is 0 Å².